The summed E-state index contributed by atoms with van der Waals surface area (Å²) in [5.74, 6) is -0.685. The Kier molecular flexibility index (Phi) is 9.39. The van der Waals surface area contributed by atoms with Gasteiger partial charge in [-0.1, -0.05) is 18.2 Å². The van der Waals surface area contributed by atoms with Crippen molar-refractivity contribution in [3.63, 3.8) is 0 Å². The number of benzene rings is 3. The second kappa shape index (κ2) is 13.5. The van der Waals surface area contributed by atoms with Crippen LogP contribution in [-0.4, -0.2) is 42.6 Å². The van der Waals surface area contributed by atoms with Crippen LogP contribution in [0.2, 0.25) is 0 Å². The van der Waals surface area contributed by atoms with Gasteiger partial charge in [0.25, 0.3) is 5.91 Å². The monoisotopic (exact) mass is 579 g/mol. The molecule has 42 heavy (non-hydrogen) atoms. The van der Waals surface area contributed by atoms with Crippen molar-refractivity contribution in [2.45, 2.75) is 44.8 Å². The molecule has 0 spiro atoms. The number of anilines is 2. The van der Waals surface area contributed by atoms with E-state index in [9.17, 15) is 14.9 Å². The number of thiazole rings is 1. The van der Waals surface area contributed by atoms with Crippen LogP contribution >= 0.6 is 11.3 Å². The maximum absolute atomic E-state index is 13.1. The minimum Gasteiger partial charge on any atom is -0.381 e. The molecule has 1 aliphatic rings. The summed E-state index contributed by atoms with van der Waals surface area (Å²) >= 11 is 1.61. The lowest BCUT2D eigenvalue weighted by atomic mass is 9.93. The Morgan fingerprint density at radius 2 is 1.93 bits per heavy atom. The third-order valence-corrected chi connectivity index (χ3v) is 8.36. The first-order valence-corrected chi connectivity index (χ1v) is 14.8. The van der Waals surface area contributed by atoms with Gasteiger partial charge >= 0.3 is 0 Å². The SMILES string of the molecule is COC1CCC(NC/C=C/C(=O)Nc2ccc(C(=O)Nc3cccc(-c4cc5ncsc5cc4C)c3)cc2C#N)CC1. The van der Waals surface area contributed by atoms with Crippen LogP contribution in [0.15, 0.2) is 72.3 Å². The van der Waals surface area contributed by atoms with Gasteiger partial charge in [0, 0.05) is 37.0 Å². The number of fused-ring (bicyclic) bond motifs is 1. The van der Waals surface area contributed by atoms with Gasteiger partial charge in [-0.25, -0.2) is 4.98 Å². The number of rotatable bonds is 9. The quantitative estimate of drug-likeness (QED) is 0.197. The molecule has 214 valence electrons. The molecule has 5 rings (SSSR count). The average molecular weight is 580 g/mol. The molecule has 0 unspecified atom stereocenters. The summed E-state index contributed by atoms with van der Waals surface area (Å²) in [6.45, 7) is 2.64. The topological polar surface area (TPSA) is 116 Å². The molecule has 0 atom stereocenters. The van der Waals surface area contributed by atoms with E-state index >= 15 is 0 Å². The molecule has 1 fully saturated rings. The molecule has 9 heteroatoms. The van der Waals surface area contributed by atoms with Crippen molar-refractivity contribution >= 4 is 44.7 Å². The van der Waals surface area contributed by atoms with E-state index in [0.717, 1.165) is 52.6 Å². The van der Waals surface area contributed by atoms with E-state index in [1.165, 1.54) is 12.1 Å². The van der Waals surface area contributed by atoms with Crippen molar-refractivity contribution in [1.82, 2.24) is 10.3 Å². The predicted molar refractivity (Wildman–Crippen MR) is 168 cm³/mol. The highest BCUT2D eigenvalue weighted by molar-refractivity contribution is 7.16. The minimum absolute atomic E-state index is 0.207. The van der Waals surface area contributed by atoms with Crippen molar-refractivity contribution in [3.8, 4) is 17.2 Å². The van der Waals surface area contributed by atoms with E-state index in [1.54, 1.807) is 36.7 Å². The normalized spacial score (nSPS) is 16.8. The van der Waals surface area contributed by atoms with E-state index in [-0.39, 0.29) is 17.4 Å². The number of nitriles is 1. The van der Waals surface area contributed by atoms with Crippen LogP contribution in [0.3, 0.4) is 0 Å². The van der Waals surface area contributed by atoms with Gasteiger partial charge in [0.15, 0.2) is 0 Å². The first-order valence-electron chi connectivity index (χ1n) is 14.0. The van der Waals surface area contributed by atoms with Crippen LogP contribution in [0.1, 0.15) is 47.2 Å². The number of aryl methyl sites for hydroxylation is 1. The Morgan fingerprint density at radius 3 is 2.71 bits per heavy atom. The Hall–Kier alpha value is -4.36. The summed E-state index contributed by atoms with van der Waals surface area (Å²) < 4.78 is 6.55. The fourth-order valence-corrected chi connectivity index (χ4v) is 6.01. The summed E-state index contributed by atoms with van der Waals surface area (Å²) in [7, 11) is 1.76. The third-order valence-electron chi connectivity index (χ3n) is 7.57. The predicted octanol–water partition coefficient (Wildman–Crippen LogP) is 6.44. The maximum Gasteiger partial charge on any atom is 0.255 e. The zero-order valence-corrected chi connectivity index (χ0v) is 24.5. The van der Waals surface area contributed by atoms with Crippen molar-refractivity contribution in [2.24, 2.45) is 0 Å². The van der Waals surface area contributed by atoms with Crippen LogP contribution in [0.5, 0.6) is 0 Å². The summed E-state index contributed by atoms with van der Waals surface area (Å²) in [5.41, 5.74) is 7.44. The highest BCUT2D eigenvalue weighted by atomic mass is 32.1. The van der Waals surface area contributed by atoms with Crippen molar-refractivity contribution in [2.75, 3.05) is 24.3 Å². The van der Waals surface area contributed by atoms with Gasteiger partial charge in [-0.05, 0) is 91.8 Å². The summed E-state index contributed by atoms with van der Waals surface area (Å²) in [4.78, 5) is 30.0. The van der Waals surface area contributed by atoms with Gasteiger partial charge in [-0.2, -0.15) is 5.26 Å². The smallest absolute Gasteiger partial charge is 0.255 e. The number of hydrogen-bond donors (Lipinski definition) is 3. The minimum atomic E-state index is -0.348. The molecule has 3 aromatic carbocycles. The molecule has 3 N–H and O–H groups in total. The highest BCUT2D eigenvalue weighted by Gasteiger charge is 2.19. The molecule has 1 aromatic heterocycles. The Balaban J connectivity index is 1.19. The molecule has 8 nitrogen and oxygen atoms in total. The first kappa shape index (κ1) is 29.1. The Labute approximate surface area is 249 Å². The van der Waals surface area contributed by atoms with Crippen molar-refractivity contribution in [3.05, 3.63) is 89.0 Å². The fraction of sp³-hybridized carbons (Fsp3) is 0.273. The number of aromatic nitrogens is 1. The molecule has 0 bridgehead atoms. The summed E-state index contributed by atoms with van der Waals surface area (Å²) in [6.07, 6.45) is 7.77. The molecule has 0 radical (unpaired) electrons. The second-order valence-corrected chi connectivity index (χ2v) is 11.3. The van der Waals surface area contributed by atoms with E-state index < -0.39 is 0 Å². The number of methoxy groups -OCH3 is 1. The van der Waals surface area contributed by atoms with Crippen LogP contribution in [0.4, 0.5) is 11.4 Å². The van der Waals surface area contributed by atoms with E-state index in [0.29, 0.717) is 35.6 Å². The lowest BCUT2D eigenvalue weighted by Gasteiger charge is -2.27. The van der Waals surface area contributed by atoms with Gasteiger partial charge in [0.05, 0.1) is 33.1 Å². The van der Waals surface area contributed by atoms with Gasteiger partial charge in [-0.15, -0.1) is 11.3 Å². The van der Waals surface area contributed by atoms with E-state index in [4.69, 9.17) is 4.74 Å². The number of nitrogens with one attached hydrogen (secondary N) is 3. The standard InChI is InChI=1S/C33H33N5O3S/c1-21-15-31-30(36-20-42-31)18-28(21)22-5-3-6-26(17-22)37-33(40)23-8-13-29(24(16-23)19-34)38-32(39)7-4-14-35-25-9-11-27(41-2)12-10-25/h3-8,13,15-18,20,25,27,35H,9-12,14H2,1-2H3,(H,37,40)(H,38,39)/b7-4+. The zero-order valence-electron chi connectivity index (χ0n) is 23.6. The molecule has 1 saturated carbocycles. The highest BCUT2D eigenvalue weighted by Crippen LogP contribution is 2.31. The molecule has 4 aromatic rings. The van der Waals surface area contributed by atoms with Gasteiger partial charge < -0.3 is 20.7 Å². The molecule has 2 amide bonds. The molecular weight excluding hydrogens is 546 g/mol. The van der Waals surface area contributed by atoms with E-state index in [1.807, 2.05) is 29.8 Å². The lowest BCUT2D eigenvalue weighted by Crippen LogP contribution is -2.35. The van der Waals surface area contributed by atoms with Gasteiger partial charge in [0.2, 0.25) is 5.91 Å². The van der Waals surface area contributed by atoms with Crippen molar-refractivity contribution < 1.29 is 14.3 Å². The number of amides is 2. The van der Waals surface area contributed by atoms with Gasteiger partial charge in [0.1, 0.15) is 6.07 Å². The number of carbonyl (C=O) groups is 2. The molecule has 1 aliphatic carbocycles. The van der Waals surface area contributed by atoms with Crippen LogP contribution in [0.25, 0.3) is 21.3 Å². The second-order valence-electron chi connectivity index (χ2n) is 10.4. The zero-order chi connectivity index (χ0) is 29.5. The maximum atomic E-state index is 13.1. The molecular formula is C33H33N5O3S. The summed E-state index contributed by atoms with van der Waals surface area (Å²) in [5, 5.41) is 18.8. The van der Waals surface area contributed by atoms with Crippen molar-refractivity contribution in [1.29, 1.82) is 5.26 Å². The lowest BCUT2D eigenvalue weighted by molar-refractivity contribution is -0.111. The van der Waals surface area contributed by atoms with Gasteiger partial charge in [-0.3, -0.25) is 9.59 Å². The largest absolute Gasteiger partial charge is 0.381 e. The number of ether oxygens (including phenoxy) is 1. The van der Waals surface area contributed by atoms with Crippen LogP contribution < -0.4 is 16.0 Å². The van der Waals surface area contributed by atoms with Crippen LogP contribution in [0, 0.1) is 18.3 Å². The first-order chi connectivity index (χ1) is 20.4. The average Bonchev–Trinajstić information content (AvgIpc) is 3.46. The number of carbonyl (C=O) groups excluding carboxylic acids is 2. The summed E-state index contributed by atoms with van der Waals surface area (Å²) in [6, 6.07) is 19.0. The number of hydrogen-bond acceptors (Lipinski definition) is 7. The molecule has 0 saturated heterocycles. The molecule has 0 aliphatic heterocycles. The van der Waals surface area contributed by atoms with E-state index in [2.05, 4.69) is 46.1 Å². The number of nitrogens with zero attached hydrogens (tertiary/aromatic N) is 2. The Morgan fingerprint density at radius 1 is 1.10 bits per heavy atom. The Bertz CT molecular complexity index is 1660. The molecule has 1 heterocycles. The van der Waals surface area contributed by atoms with Crippen LogP contribution in [-0.2, 0) is 9.53 Å². The fourth-order valence-electron chi connectivity index (χ4n) is 5.25. The third kappa shape index (κ3) is 7.09.